The highest BCUT2D eigenvalue weighted by Crippen LogP contribution is 2.41. The number of carbonyl (C=O) groups excluding carboxylic acids is 2. The van der Waals surface area contributed by atoms with Crippen LogP contribution >= 0.6 is 11.6 Å². The van der Waals surface area contributed by atoms with E-state index in [1.54, 1.807) is 25.1 Å². The van der Waals surface area contributed by atoms with Gasteiger partial charge in [0, 0.05) is 30.1 Å². The number of hydrogen-bond acceptors (Lipinski definition) is 6. The van der Waals surface area contributed by atoms with Crippen LogP contribution in [0.3, 0.4) is 0 Å². The minimum atomic E-state index is -3.33. The maximum absolute atomic E-state index is 13.7. The maximum Gasteiger partial charge on any atom is 0.286 e. The van der Waals surface area contributed by atoms with Crippen molar-refractivity contribution < 1.29 is 23.6 Å². The summed E-state index contributed by atoms with van der Waals surface area (Å²) in [5.74, 6) is 0.0262. The molecule has 2 aromatic rings. The van der Waals surface area contributed by atoms with E-state index in [-0.39, 0.29) is 29.6 Å². The lowest BCUT2D eigenvalue weighted by molar-refractivity contribution is -0.118. The fourth-order valence-corrected chi connectivity index (χ4v) is 7.80. The highest BCUT2D eigenvalue weighted by atomic mass is 35.5. The molecule has 5 rings (SSSR count). The first-order chi connectivity index (χ1) is 20.2. The second kappa shape index (κ2) is 13.6. The van der Waals surface area contributed by atoms with E-state index in [2.05, 4.69) is 20.1 Å². The average Bonchev–Trinajstić information content (AvgIpc) is 2.97. The monoisotopic (exact) mass is 613 g/mol. The topological polar surface area (TPSA) is 108 Å². The fourth-order valence-electron chi connectivity index (χ4n) is 5.94. The van der Waals surface area contributed by atoms with E-state index >= 15 is 0 Å². The molecule has 2 N–H and O–H groups in total. The van der Waals surface area contributed by atoms with Crippen LogP contribution in [0, 0.1) is 11.8 Å². The third-order valence-corrected chi connectivity index (χ3v) is 10.6. The smallest absolute Gasteiger partial charge is 0.286 e. The van der Waals surface area contributed by atoms with Gasteiger partial charge in [-0.25, -0.2) is 4.21 Å². The fraction of sp³-hybridized carbons (Fsp3) is 0.500. The number of hydrogen-bond donors (Lipinski definition) is 2. The van der Waals surface area contributed by atoms with Gasteiger partial charge in [-0.1, -0.05) is 36.7 Å². The van der Waals surface area contributed by atoms with Gasteiger partial charge in [0.1, 0.15) is 15.7 Å². The van der Waals surface area contributed by atoms with Gasteiger partial charge in [0.25, 0.3) is 5.91 Å². The van der Waals surface area contributed by atoms with E-state index < -0.39 is 27.8 Å². The Hall–Kier alpha value is -2.88. The third-order valence-electron chi connectivity index (χ3n) is 8.49. The Morgan fingerprint density at radius 1 is 1.17 bits per heavy atom. The molecule has 4 atom stereocenters. The van der Waals surface area contributed by atoms with Crippen LogP contribution in [0.25, 0.3) is 0 Å². The quantitative estimate of drug-likeness (QED) is 0.412. The van der Waals surface area contributed by atoms with Crippen molar-refractivity contribution in [2.45, 2.75) is 70.9 Å². The van der Waals surface area contributed by atoms with Gasteiger partial charge in [0.2, 0.25) is 5.91 Å². The first-order valence-corrected chi connectivity index (χ1v) is 17.0. The summed E-state index contributed by atoms with van der Waals surface area (Å²) in [6, 6.07) is 11.2. The van der Waals surface area contributed by atoms with Crippen molar-refractivity contribution >= 4 is 39.0 Å². The number of aliphatic hydroxyl groups is 1. The molecule has 2 bridgehead atoms. The van der Waals surface area contributed by atoms with Gasteiger partial charge < -0.3 is 14.7 Å². The molecule has 10 heteroatoms. The molecule has 8 nitrogen and oxygen atoms in total. The Morgan fingerprint density at radius 2 is 2.02 bits per heavy atom. The molecule has 42 heavy (non-hydrogen) atoms. The van der Waals surface area contributed by atoms with Crippen molar-refractivity contribution in [2.75, 3.05) is 23.8 Å². The first kappa shape index (κ1) is 30.6. The van der Waals surface area contributed by atoms with Gasteiger partial charge >= 0.3 is 0 Å². The van der Waals surface area contributed by atoms with Gasteiger partial charge in [0.05, 0.1) is 24.2 Å². The summed E-state index contributed by atoms with van der Waals surface area (Å²) in [7, 11) is -3.33. The van der Waals surface area contributed by atoms with Gasteiger partial charge in [-0.05, 0) is 98.2 Å². The minimum absolute atomic E-state index is 0.0382. The van der Waals surface area contributed by atoms with Crippen molar-refractivity contribution in [2.24, 2.45) is 16.2 Å². The molecule has 2 aliphatic heterocycles. The number of aryl methyl sites for hydroxylation is 1. The molecular formula is C32H40ClN3O5S. The number of nitrogens with one attached hydrogen (secondary N) is 1. The van der Waals surface area contributed by atoms with E-state index in [4.69, 9.17) is 16.3 Å². The lowest BCUT2D eigenvalue weighted by atomic mass is 9.70. The number of anilines is 1. The molecule has 2 heterocycles. The number of nitrogens with zero attached hydrogens (tertiary/aromatic N) is 2. The molecule has 2 aromatic carbocycles. The molecule has 0 saturated heterocycles. The molecule has 3 aliphatic rings. The van der Waals surface area contributed by atoms with E-state index in [9.17, 15) is 18.9 Å². The molecule has 226 valence electrons. The Kier molecular flexibility index (Phi) is 9.91. The summed E-state index contributed by atoms with van der Waals surface area (Å²) in [5, 5.41) is 11.8. The summed E-state index contributed by atoms with van der Waals surface area (Å²) in [6.07, 6.45) is 8.94. The van der Waals surface area contributed by atoms with Crippen molar-refractivity contribution in [3.63, 3.8) is 0 Å². The standard InChI is InChI=1S/C32H40ClN3O5S/c1-2-31(38)34-42(40)17-7-3-4-9-29(37)27-14-11-25(27)21-36-20-24-10-13-26(33)18-22(24)8-5-6-16-41-30-15-12-23(19-28(30)36)32(39)35-42/h4,9-10,12-13,15,18-19,25,27,29,37H,2-3,5-8,11,14,16-17,20-21H2,1H3,(H,34,35,38,39,40)/b9-4+/t25-,27+,29-,42?/m0/s1. The number of fused-ring (bicyclic) bond motifs is 3. The molecule has 1 saturated carbocycles. The van der Waals surface area contributed by atoms with Gasteiger partial charge in [-0.15, -0.1) is 4.36 Å². The Labute approximate surface area is 253 Å². The predicted octanol–water partition coefficient (Wildman–Crippen LogP) is 5.85. The second-order valence-electron chi connectivity index (χ2n) is 11.5. The van der Waals surface area contributed by atoms with Crippen molar-refractivity contribution in [1.29, 1.82) is 0 Å². The third kappa shape index (κ3) is 7.36. The van der Waals surface area contributed by atoms with E-state index in [0.717, 1.165) is 43.4 Å². The SMILES string of the molecule is CCC(=O)NS1(=O)=NC(=O)c2ccc3c(c2)N(Cc2ccc(Cl)cc2CCCCO3)C[C@@H]2CC[C@H]2[C@@H](O)/C=C/CCC1. The Bertz CT molecular complexity index is 1470. The summed E-state index contributed by atoms with van der Waals surface area (Å²) >= 11 is 6.39. The number of carbonyl (C=O) groups is 2. The van der Waals surface area contributed by atoms with Crippen LogP contribution in [-0.2, 0) is 27.7 Å². The number of rotatable bonds is 2. The zero-order valence-electron chi connectivity index (χ0n) is 24.1. The molecule has 1 unspecified atom stereocenters. The lowest BCUT2D eigenvalue weighted by Gasteiger charge is -2.42. The van der Waals surface area contributed by atoms with Crippen LogP contribution in [0.15, 0.2) is 52.9 Å². The van der Waals surface area contributed by atoms with E-state index in [0.29, 0.717) is 43.3 Å². The minimum Gasteiger partial charge on any atom is -0.491 e. The number of aliphatic hydroxyl groups excluding tert-OH is 1. The predicted molar refractivity (Wildman–Crippen MR) is 166 cm³/mol. The number of ether oxygens (including phenoxy) is 1. The first-order valence-electron chi connectivity index (χ1n) is 15.0. The summed E-state index contributed by atoms with van der Waals surface area (Å²) in [4.78, 5) is 28.0. The van der Waals surface area contributed by atoms with Crippen molar-refractivity contribution in [3.05, 3.63) is 70.3 Å². The normalized spacial score (nSPS) is 27.5. The second-order valence-corrected chi connectivity index (χ2v) is 14.0. The van der Waals surface area contributed by atoms with E-state index in [1.807, 2.05) is 24.3 Å². The highest BCUT2D eigenvalue weighted by molar-refractivity contribution is 7.92. The molecule has 0 radical (unpaired) electrons. The van der Waals surface area contributed by atoms with Crippen LogP contribution in [0.4, 0.5) is 5.69 Å². The lowest BCUT2D eigenvalue weighted by Crippen LogP contribution is -2.43. The molecule has 2 amide bonds. The summed E-state index contributed by atoms with van der Waals surface area (Å²) in [5.41, 5.74) is 3.39. The molecule has 1 aliphatic carbocycles. The van der Waals surface area contributed by atoms with Crippen LogP contribution < -0.4 is 14.4 Å². The molecule has 0 aromatic heterocycles. The van der Waals surface area contributed by atoms with E-state index in [1.165, 1.54) is 5.56 Å². The van der Waals surface area contributed by atoms with Crippen molar-refractivity contribution in [1.82, 2.24) is 4.72 Å². The largest absolute Gasteiger partial charge is 0.491 e. The Morgan fingerprint density at radius 3 is 2.81 bits per heavy atom. The number of amides is 2. The average molecular weight is 614 g/mol. The van der Waals surface area contributed by atoms with Crippen LogP contribution in [0.5, 0.6) is 5.75 Å². The maximum atomic E-state index is 13.7. The highest BCUT2D eigenvalue weighted by Gasteiger charge is 2.37. The molecule has 0 spiro atoms. The summed E-state index contributed by atoms with van der Waals surface area (Å²) in [6.45, 7) is 3.44. The van der Waals surface area contributed by atoms with Gasteiger partial charge in [-0.3, -0.25) is 14.3 Å². The number of halogens is 1. The van der Waals surface area contributed by atoms with Crippen molar-refractivity contribution in [3.8, 4) is 5.75 Å². The number of allylic oxidation sites excluding steroid dienone is 1. The van der Waals surface area contributed by atoms with Gasteiger partial charge in [0.15, 0.2) is 0 Å². The Balaban J connectivity index is 1.61. The van der Waals surface area contributed by atoms with Gasteiger partial charge in [-0.2, -0.15) is 0 Å². The summed E-state index contributed by atoms with van der Waals surface area (Å²) < 4.78 is 26.6. The van der Waals surface area contributed by atoms with Crippen LogP contribution in [0.1, 0.15) is 73.4 Å². The molecule has 1 fully saturated rings. The molecular weight excluding hydrogens is 574 g/mol. The van der Waals surface area contributed by atoms with Crippen LogP contribution in [-0.4, -0.2) is 46.1 Å². The van der Waals surface area contributed by atoms with Crippen LogP contribution in [0.2, 0.25) is 5.02 Å². The zero-order valence-corrected chi connectivity index (χ0v) is 25.7. The zero-order chi connectivity index (χ0) is 29.7. The number of benzene rings is 2.